The van der Waals surface area contributed by atoms with Gasteiger partial charge in [-0.1, -0.05) is 0 Å². The number of nitrogens with zero attached hydrogens (tertiary/aromatic N) is 5. The molecule has 1 fully saturated rings. The number of fused-ring (bicyclic) bond motifs is 3. The second kappa shape index (κ2) is 5.17. The molecule has 6 nitrogen and oxygen atoms in total. The Morgan fingerprint density at radius 1 is 1.36 bits per heavy atom. The van der Waals surface area contributed by atoms with E-state index in [9.17, 15) is 0 Å². The highest BCUT2D eigenvalue weighted by Crippen LogP contribution is 2.34. The molecule has 1 aliphatic rings. The lowest BCUT2D eigenvalue weighted by molar-refractivity contribution is 0.0987. The Bertz CT molecular complexity index is 839. The quantitative estimate of drug-likeness (QED) is 0.726. The molecule has 0 aliphatic carbocycles. The van der Waals surface area contributed by atoms with Crippen molar-refractivity contribution in [2.24, 2.45) is 7.05 Å². The van der Waals surface area contributed by atoms with Crippen LogP contribution in [-0.2, 0) is 11.8 Å². The third kappa shape index (κ3) is 1.92. The Balaban J connectivity index is 2.03. The molecule has 116 valence electrons. The van der Waals surface area contributed by atoms with Crippen molar-refractivity contribution in [2.75, 3.05) is 30.9 Å². The zero-order valence-corrected chi connectivity index (χ0v) is 13.8. The van der Waals surface area contributed by atoms with Crippen molar-refractivity contribution in [3.05, 3.63) is 18.5 Å². The summed E-state index contributed by atoms with van der Waals surface area (Å²) >= 11 is 1.69. The summed E-state index contributed by atoms with van der Waals surface area (Å²) < 4.78 is 9.61. The summed E-state index contributed by atoms with van der Waals surface area (Å²) in [6, 6.07) is 2.48. The van der Waals surface area contributed by atoms with E-state index in [1.807, 2.05) is 17.9 Å². The van der Waals surface area contributed by atoms with E-state index >= 15 is 0 Å². The lowest BCUT2D eigenvalue weighted by Gasteiger charge is -2.34. The number of pyridine rings is 1. The molecule has 7 heteroatoms. The van der Waals surface area contributed by atoms with Gasteiger partial charge in [0.25, 0.3) is 0 Å². The topological polar surface area (TPSA) is 48.1 Å². The van der Waals surface area contributed by atoms with Gasteiger partial charge in [0, 0.05) is 31.4 Å². The molecule has 0 N–H and O–H groups in total. The average Bonchev–Trinajstić information content (AvgIpc) is 3.11. The predicted octanol–water partition coefficient (Wildman–Crippen LogP) is 2.27. The van der Waals surface area contributed by atoms with Crippen LogP contribution >= 0.6 is 11.9 Å². The summed E-state index contributed by atoms with van der Waals surface area (Å²) in [5.74, 6) is 1.04. The van der Waals surface area contributed by atoms with Gasteiger partial charge in [-0.15, -0.1) is 0 Å². The summed E-state index contributed by atoms with van der Waals surface area (Å²) in [4.78, 5) is 7.28. The van der Waals surface area contributed by atoms with Crippen LogP contribution in [0.3, 0.4) is 0 Å². The first-order chi connectivity index (χ1) is 10.7. The molecule has 3 aromatic heterocycles. The molecule has 4 heterocycles. The normalized spacial score (nSPS) is 19.4. The Morgan fingerprint density at radius 3 is 3.00 bits per heavy atom. The van der Waals surface area contributed by atoms with Gasteiger partial charge in [-0.05, 0) is 24.9 Å². The second-order valence-corrected chi connectivity index (χ2v) is 6.40. The van der Waals surface area contributed by atoms with E-state index in [1.165, 1.54) is 10.9 Å². The number of hydrogen-bond donors (Lipinski definition) is 0. The van der Waals surface area contributed by atoms with Crippen molar-refractivity contribution < 1.29 is 4.74 Å². The first-order valence-electron chi connectivity index (χ1n) is 7.42. The maximum Gasteiger partial charge on any atom is 0.162 e. The van der Waals surface area contributed by atoms with Crippen LogP contribution in [0.2, 0.25) is 0 Å². The van der Waals surface area contributed by atoms with E-state index in [0.29, 0.717) is 6.04 Å². The summed E-state index contributed by atoms with van der Waals surface area (Å²) in [5, 5.41) is 6.68. The largest absolute Gasteiger partial charge is 0.377 e. The van der Waals surface area contributed by atoms with Crippen molar-refractivity contribution in [1.82, 2.24) is 18.7 Å². The molecular formula is C15H19N5OS. The number of hydrogen-bond acceptors (Lipinski definition) is 5. The van der Waals surface area contributed by atoms with Crippen LogP contribution in [0.4, 0.5) is 5.82 Å². The molecule has 1 saturated heterocycles. The molecular weight excluding hydrogens is 298 g/mol. The van der Waals surface area contributed by atoms with Crippen LogP contribution in [0.25, 0.3) is 21.9 Å². The standard InChI is InChI=1S/C15H19N5OS/c1-10-9-21-7-6-19(10)15-11-4-5-20(22-3)13(11)12-8-16-18(2)14(12)17-15/h4-5,8,10H,6-7,9H2,1-3H3. The fourth-order valence-electron chi connectivity index (χ4n) is 3.16. The molecule has 1 atom stereocenters. The highest BCUT2D eigenvalue weighted by Gasteiger charge is 2.25. The van der Waals surface area contributed by atoms with Crippen LogP contribution in [0.15, 0.2) is 18.5 Å². The Kier molecular flexibility index (Phi) is 3.27. The Labute approximate surface area is 133 Å². The van der Waals surface area contributed by atoms with E-state index in [0.717, 1.165) is 36.6 Å². The van der Waals surface area contributed by atoms with Gasteiger partial charge in [-0.3, -0.25) is 8.65 Å². The zero-order valence-electron chi connectivity index (χ0n) is 13.0. The van der Waals surface area contributed by atoms with Gasteiger partial charge < -0.3 is 9.64 Å². The second-order valence-electron chi connectivity index (χ2n) is 5.64. The van der Waals surface area contributed by atoms with Crippen LogP contribution in [-0.4, -0.2) is 50.8 Å². The summed E-state index contributed by atoms with van der Waals surface area (Å²) in [7, 11) is 1.94. The van der Waals surface area contributed by atoms with Crippen molar-refractivity contribution >= 4 is 39.7 Å². The number of ether oxygens (including phenoxy) is 1. The van der Waals surface area contributed by atoms with Crippen molar-refractivity contribution in [1.29, 1.82) is 0 Å². The lowest BCUT2D eigenvalue weighted by Crippen LogP contribution is -2.44. The Hall–Kier alpha value is -1.73. The lowest BCUT2D eigenvalue weighted by atomic mass is 10.2. The number of rotatable bonds is 2. The fourth-order valence-corrected chi connectivity index (χ4v) is 3.72. The third-order valence-electron chi connectivity index (χ3n) is 4.30. The van der Waals surface area contributed by atoms with Gasteiger partial charge in [-0.25, -0.2) is 4.98 Å². The smallest absolute Gasteiger partial charge is 0.162 e. The minimum atomic E-state index is 0.327. The number of anilines is 1. The highest BCUT2D eigenvalue weighted by molar-refractivity contribution is 7.97. The van der Waals surface area contributed by atoms with Crippen molar-refractivity contribution in [3.8, 4) is 0 Å². The van der Waals surface area contributed by atoms with Crippen LogP contribution in [0, 0.1) is 0 Å². The van der Waals surface area contributed by atoms with Crippen molar-refractivity contribution in [2.45, 2.75) is 13.0 Å². The van der Waals surface area contributed by atoms with Crippen LogP contribution in [0.1, 0.15) is 6.92 Å². The van der Waals surface area contributed by atoms with E-state index in [1.54, 1.807) is 11.9 Å². The molecule has 0 spiro atoms. The molecule has 1 aliphatic heterocycles. The van der Waals surface area contributed by atoms with Gasteiger partial charge in [0.1, 0.15) is 5.82 Å². The van der Waals surface area contributed by atoms with E-state index < -0.39 is 0 Å². The van der Waals surface area contributed by atoms with Gasteiger partial charge >= 0.3 is 0 Å². The summed E-state index contributed by atoms with van der Waals surface area (Å²) in [6.07, 6.45) is 6.10. The van der Waals surface area contributed by atoms with Crippen LogP contribution < -0.4 is 4.90 Å². The zero-order chi connectivity index (χ0) is 15.3. The first-order valence-corrected chi connectivity index (χ1v) is 8.60. The maximum absolute atomic E-state index is 5.57. The summed E-state index contributed by atoms with van der Waals surface area (Å²) in [6.45, 7) is 4.55. The van der Waals surface area contributed by atoms with Gasteiger partial charge in [0.05, 0.1) is 36.4 Å². The molecule has 0 saturated carbocycles. The van der Waals surface area contributed by atoms with E-state index in [2.05, 4.69) is 39.4 Å². The molecule has 0 aromatic carbocycles. The molecule has 0 bridgehead atoms. The van der Waals surface area contributed by atoms with Gasteiger partial charge in [-0.2, -0.15) is 5.10 Å². The maximum atomic E-state index is 5.57. The number of morpholine rings is 1. The minimum Gasteiger partial charge on any atom is -0.377 e. The molecule has 3 aromatic rings. The monoisotopic (exact) mass is 317 g/mol. The minimum absolute atomic E-state index is 0.327. The van der Waals surface area contributed by atoms with Crippen molar-refractivity contribution in [3.63, 3.8) is 0 Å². The predicted molar refractivity (Wildman–Crippen MR) is 90.5 cm³/mol. The SMILES string of the molecule is CSn1ccc2c(N3CCOCC3C)nc3c(cnn3C)c21. The number of aromatic nitrogens is 4. The molecule has 1 unspecified atom stereocenters. The summed E-state index contributed by atoms with van der Waals surface area (Å²) in [5.41, 5.74) is 2.12. The average molecular weight is 317 g/mol. The van der Waals surface area contributed by atoms with Crippen LogP contribution in [0.5, 0.6) is 0 Å². The molecule has 4 rings (SSSR count). The van der Waals surface area contributed by atoms with E-state index in [4.69, 9.17) is 9.72 Å². The molecule has 0 amide bonds. The van der Waals surface area contributed by atoms with Gasteiger partial charge in [0.15, 0.2) is 5.65 Å². The third-order valence-corrected chi connectivity index (χ3v) is 5.00. The molecule has 22 heavy (non-hydrogen) atoms. The van der Waals surface area contributed by atoms with E-state index in [-0.39, 0.29) is 0 Å². The highest BCUT2D eigenvalue weighted by atomic mass is 32.2. The first kappa shape index (κ1) is 13.9. The fraction of sp³-hybridized carbons (Fsp3) is 0.467. The molecule has 0 radical (unpaired) electrons. The Morgan fingerprint density at radius 2 is 2.23 bits per heavy atom. The number of aryl methyl sites for hydroxylation is 1. The van der Waals surface area contributed by atoms with Gasteiger partial charge in [0.2, 0.25) is 0 Å².